The predicted molar refractivity (Wildman–Crippen MR) is 107 cm³/mol. The lowest BCUT2D eigenvalue weighted by Crippen LogP contribution is -2.13. The van der Waals surface area contributed by atoms with Gasteiger partial charge in [-0.1, -0.05) is 6.07 Å². The van der Waals surface area contributed by atoms with Crippen LogP contribution in [0, 0.1) is 0 Å². The predicted octanol–water partition coefficient (Wildman–Crippen LogP) is 3.31. The highest BCUT2D eigenvalue weighted by molar-refractivity contribution is 6.09. The number of ether oxygens (including phenoxy) is 1. The van der Waals surface area contributed by atoms with E-state index in [2.05, 4.69) is 31.4 Å². The second kappa shape index (κ2) is 6.77. The third kappa shape index (κ3) is 2.96. The molecule has 0 bridgehead atoms. The summed E-state index contributed by atoms with van der Waals surface area (Å²) >= 11 is 0. The Balaban J connectivity index is 1.39. The van der Waals surface area contributed by atoms with Gasteiger partial charge in [0, 0.05) is 36.9 Å². The topological polar surface area (TPSA) is 77.2 Å². The number of rotatable bonds is 4. The minimum absolute atomic E-state index is 0.452. The molecule has 0 fully saturated rings. The number of aliphatic imine (C=N–C) groups is 1. The first kappa shape index (κ1) is 16.4. The molecule has 4 aromatic rings. The summed E-state index contributed by atoms with van der Waals surface area (Å²) in [4.78, 5) is 13.0. The van der Waals surface area contributed by atoms with E-state index < -0.39 is 0 Å². The summed E-state index contributed by atoms with van der Waals surface area (Å²) in [5.74, 6) is 1.41. The number of benzene rings is 1. The third-order valence-corrected chi connectivity index (χ3v) is 4.73. The highest BCUT2D eigenvalue weighted by Crippen LogP contribution is 2.28. The second-order valence-electron chi connectivity index (χ2n) is 6.61. The van der Waals surface area contributed by atoms with Crippen molar-refractivity contribution in [2.24, 2.45) is 12.0 Å². The molecule has 4 heterocycles. The van der Waals surface area contributed by atoms with Crippen LogP contribution in [0.3, 0.4) is 0 Å². The lowest BCUT2D eigenvalue weighted by Gasteiger charge is -2.07. The number of fused-ring (bicyclic) bond motifs is 2. The molecule has 0 saturated heterocycles. The number of nitrogens with zero attached hydrogens (tertiary/aromatic N) is 5. The third-order valence-electron chi connectivity index (χ3n) is 4.73. The molecule has 28 heavy (non-hydrogen) atoms. The van der Waals surface area contributed by atoms with Crippen LogP contribution in [0.4, 0.5) is 5.69 Å². The molecule has 0 saturated carbocycles. The van der Waals surface area contributed by atoms with E-state index in [0.29, 0.717) is 19.0 Å². The summed E-state index contributed by atoms with van der Waals surface area (Å²) in [5.41, 5.74) is 5.02. The fourth-order valence-electron chi connectivity index (χ4n) is 3.29. The molecule has 1 aliphatic heterocycles. The fourth-order valence-corrected chi connectivity index (χ4v) is 3.29. The van der Waals surface area contributed by atoms with Crippen molar-refractivity contribution < 1.29 is 4.74 Å². The van der Waals surface area contributed by atoms with Crippen molar-refractivity contribution in [3.63, 3.8) is 0 Å². The van der Waals surface area contributed by atoms with Crippen molar-refractivity contribution in [2.75, 3.05) is 5.32 Å². The molecule has 0 radical (unpaired) electrons. The van der Waals surface area contributed by atoms with E-state index in [1.165, 1.54) is 0 Å². The van der Waals surface area contributed by atoms with Crippen molar-refractivity contribution in [1.29, 1.82) is 0 Å². The molecule has 138 valence electrons. The molecule has 7 nitrogen and oxygen atoms in total. The molecule has 0 amide bonds. The summed E-state index contributed by atoms with van der Waals surface area (Å²) in [6, 6.07) is 13.9. The van der Waals surface area contributed by atoms with E-state index in [0.717, 1.165) is 39.2 Å². The summed E-state index contributed by atoms with van der Waals surface area (Å²) in [5, 5.41) is 8.87. The lowest BCUT2D eigenvalue weighted by atomic mass is 10.2. The van der Waals surface area contributed by atoms with Gasteiger partial charge in [0.1, 0.15) is 12.3 Å². The van der Waals surface area contributed by atoms with Crippen LogP contribution >= 0.6 is 0 Å². The number of aryl methyl sites for hydroxylation is 1. The number of aromatic nitrogens is 4. The average molecular weight is 370 g/mol. The molecule has 0 aliphatic carbocycles. The molecule has 1 aromatic carbocycles. The van der Waals surface area contributed by atoms with Gasteiger partial charge >= 0.3 is 0 Å². The lowest BCUT2D eigenvalue weighted by molar-refractivity contribution is 0.294. The van der Waals surface area contributed by atoms with Crippen LogP contribution in [-0.4, -0.2) is 25.6 Å². The quantitative estimate of drug-likeness (QED) is 0.596. The van der Waals surface area contributed by atoms with E-state index >= 15 is 0 Å². The van der Waals surface area contributed by atoms with Gasteiger partial charge in [0.25, 0.3) is 0 Å². The number of pyridine rings is 2. The van der Waals surface area contributed by atoms with Crippen LogP contribution in [0.15, 0.2) is 66.0 Å². The minimum atomic E-state index is 0.452. The van der Waals surface area contributed by atoms with Crippen molar-refractivity contribution in [2.45, 2.75) is 13.2 Å². The van der Waals surface area contributed by atoms with Gasteiger partial charge in [0.05, 0.1) is 17.4 Å². The van der Waals surface area contributed by atoms with Crippen molar-refractivity contribution in [3.05, 3.63) is 77.9 Å². The molecule has 0 atom stereocenters. The smallest absolute Gasteiger partial charge is 0.241 e. The molecule has 0 unspecified atom stereocenters. The first-order chi connectivity index (χ1) is 13.8. The normalized spacial score (nSPS) is 12.7. The molecule has 7 heteroatoms. The van der Waals surface area contributed by atoms with E-state index in [1.54, 1.807) is 18.6 Å². The largest absolute Gasteiger partial charge is 0.471 e. The summed E-state index contributed by atoms with van der Waals surface area (Å²) in [6.45, 7) is 1.11. The zero-order valence-corrected chi connectivity index (χ0v) is 15.3. The standard InChI is InChI=1S/C21H18N6O/c1-27-18-11-16(25-20-19-15(12-24-20)3-2-8-23-19)4-5-17(18)21(26-27)28-13-14-6-9-22-10-7-14/h2-11H,12-13H2,1H3,(H,24,25). The van der Waals surface area contributed by atoms with E-state index in [9.17, 15) is 0 Å². The maximum Gasteiger partial charge on any atom is 0.241 e. The van der Waals surface area contributed by atoms with Gasteiger partial charge in [-0.25, -0.2) is 0 Å². The number of nitrogens with one attached hydrogen (secondary N) is 1. The van der Waals surface area contributed by atoms with Gasteiger partial charge < -0.3 is 10.1 Å². The van der Waals surface area contributed by atoms with Gasteiger partial charge in [-0.05, 0) is 42.0 Å². The van der Waals surface area contributed by atoms with Gasteiger partial charge in [0.2, 0.25) is 5.88 Å². The second-order valence-corrected chi connectivity index (χ2v) is 6.61. The Bertz CT molecular complexity index is 1180. The monoisotopic (exact) mass is 370 g/mol. The number of anilines is 1. The molecule has 3 aromatic heterocycles. The molecule has 5 rings (SSSR count). The highest BCUT2D eigenvalue weighted by atomic mass is 16.5. The number of hydrogen-bond acceptors (Lipinski definition) is 6. The number of amidine groups is 1. The molecule has 1 aliphatic rings. The van der Waals surface area contributed by atoms with E-state index in [1.807, 2.05) is 48.1 Å². The first-order valence-corrected chi connectivity index (χ1v) is 9.02. The van der Waals surface area contributed by atoms with Crippen molar-refractivity contribution in [3.8, 4) is 5.88 Å². The van der Waals surface area contributed by atoms with Gasteiger partial charge in [-0.2, -0.15) is 0 Å². The number of hydrogen-bond donors (Lipinski definition) is 1. The summed E-state index contributed by atoms with van der Waals surface area (Å²) < 4.78 is 7.76. The molecular formula is C21H18N6O. The van der Waals surface area contributed by atoms with Crippen molar-refractivity contribution in [1.82, 2.24) is 19.7 Å². The Morgan fingerprint density at radius 2 is 2.00 bits per heavy atom. The maximum absolute atomic E-state index is 5.93. The van der Waals surface area contributed by atoms with E-state index in [4.69, 9.17) is 4.74 Å². The van der Waals surface area contributed by atoms with Gasteiger partial charge in [-0.3, -0.25) is 19.6 Å². The Kier molecular flexibility index (Phi) is 3.97. The van der Waals surface area contributed by atoms with Crippen LogP contribution in [-0.2, 0) is 20.2 Å². The highest BCUT2D eigenvalue weighted by Gasteiger charge is 2.17. The SMILES string of the molecule is Cn1nc(OCc2ccncc2)c2ccc(NC3=NCc4cccnc43)cc21. The Morgan fingerprint density at radius 3 is 2.89 bits per heavy atom. The van der Waals surface area contributed by atoms with Crippen LogP contribution < -0.4 is 10.1 Å². The summed E-state index contributed by atoms with van der Waals surface area (Å²) in [7, 11) is 1.91. The summed E-state index contributed by atoms with van der Waals surface area (Å²) in [6.07, 6.45) is 5.30. The minimum Gasteiger partial charge on any atom is -0.471 e. The zero-order chi connectivity index (χ0) is 18.9. The average Bonchev–Trinajstić information content (AvgIpc) is 3.28. The maximum atomic E-state index is 5.93. The Labute approximate surface area is 161 Å². The Hall–Kier alpha value is -3.74. The van der Waals surface area contributed by atoms with Crippen LogP contribution in [0.5, 0.6) is 5.88 Å². The van der Waals surface area contributed by atoms with Crippen LogP contribution in [0.25, 0.3) is 10.9 Å². The Morgan fingerprint density at radius 1 is 1.11 bits per heavy atom. The fraction of sp³-hybridized carbons (Fsp3) is 0.143. The van der Waals surface area contributed by atoms with Crippen LogP contribution in [0.1, 0.15) is 16.8 Å². The van der Waals surface area contributed by atoms with Gasteiger partial charge in [-0.15, -0.1) is 5.10 Å². The van der Waals surface area contributed by atoms with Crippen LogP contribution in [0.2, 0.25) is 0 Å². The van der Waals surface area contributed by atoms with E-state index in [-0.39, 0.29) is 0 Å². The van der Waals surface area contributed by atoms with Gasteiger partial charge in [0.15, 0.2) is 5.84 Å². The molecule has 1 N–H and O–H groups in total. The zero-order valence-electron chi connectivity index (χ0n) is 15.3. The first-order valence-electron chi connectivity index (χ1n) is 9.02. The molecule has 0 spiro atoms. The molecular weight excluding hydrogens is 352 g/mol. The van der Waals surface area contributed by atoms with Crippen molar-refractivity contribution >= 4 is 22.4 Å².